The second-order valence-corrected chi connectivity index (χ2v) is 4.05. The van der Waals surface area contributed by atoms with E-state index in [-0.39, 0.29) is 5.38 Å². The van der Waals surface area contributed by atoms with Crippen molar-refractivity contribution in [3.05, 3.63) is 23.9 Å². The third-order valence-electron chi connectivity index (χ3n) is 1.99. The Balaban J connectivity index is 2.37. The van der Waals surface area contributed by atoms with Gasteiger partial charge in [0.25, 0.3) is 0 Å². The topological polar surface area (TPSA) is 24.9 Å². The van der Waals surface area contributed by atoms with E-state index in [9.17, 15) is 0 Å². The highest BCUT2D eigenvalue weighted by Gasteiger charge is 2.02. The predicted molar refractivity (Wildman–Crippen MR) is 62.0 cm³/mol. The predicted octanol–water partition coefficient (Wildman–Crippen LogP) is 3.21. The van der Waals surface area contributed by atoms with Gasteiger partial charge in [0, 0.05) is 12.2 Å². The van der Waals surface area contributed by atoms with Crippen molar-refractivity contribution in [1.82, 2.24) is 4.98 Å². The first-order valence-electron chi connectivity index (χ1n) is 5.04. The van der Waals surface area contributed by atoms with E-state index in [4.69, 9.17) is 11.6 Å². The zero-order valence-electron chi connectivity index (χ0n) is 8.76. The molecule has 0 saturated heterocycles. The van der Waals surface area contributed by atoms with E-state index in [0.29, 0.717) is 0 Å². The Labute approximate surface area is 90.7 Å². The molecule has 0 spiro atoms. The van der Waals surface area contributed by atoms with Crippen LogP contribution in [0.4, 0.5) is 5.82 Å². The lowest BCUT2D eigenvalue weighted by atomic mass is 10.2. The number of pyridine rings is 1. The van der Waals surface area contributed by atoms with Crippen LogP contribution in [0, 0.1) is 6.92 Å². The Morgan fingerprint density at radius 3 is 2.93 bits per heavy atom. The van der Waals surface area contributed by atoms with Crippen molar-refractivity contribution in [3.8, 4) is 0 Å². The van der Waals surface area contributed by atoms with Crippen LogP contribution in [0.25, 0.3) is 0 Å². The van der Waals surface area contributed by atoms with Gasteiger partial charge in [-0.3, -0.25) is 0 Å². The Hall–Kier alpha value is -0.760. The molecule has 0 saturated carbocycles. The van der Waals surface area contributed by atoms with Gasteiger partial charge in [0.2, 0.25) is 0 Å². The normalized spacial score (nSPS) is 12.5. The first-order chi connectivity index (χ1) is 6.72. The second kappa shape index (κ2) is 5.86. The van der Waals surface area contributed by atoms with Gasteiger partial charge >= 0.3 is 0 Å². The molecule has 0 radical (unpaired) electrons. The Bertz CT molecular complexity index is 276. The van der Waals surface area contributed by atoms with Crippen molar-refractivity contribution in [2.24, 2.45) is 0 Å². The summed E-state index contributed by atoms with van der Waals surface area (Å²) in [6.45, 7) is 4.90. The van der Waals surface area contributed by atoms with E-state index >= 15 is 0 Å². The van der Waals surface area contributed by atoms with Crippen LogP contribution in [0.2, 0.25) is 0 Å². The van der Waals surface area contributed by atoms with Gasteiger partial charge in [0.05, 0.1) is 5.38 Å². The highest BCUT2D eigenvalue weighted by Crippen LogP contribution is 2.08. The molecule has 78 valence electrons. The molecule has 3 heteroatoms. The third kappa shape index (κ3) is 3.97. The summed E-state index contributed by atoms with van der Waals surface area (Å²) in [7, 11) is 0. The monoisotopic (exact) mass is 212 g/mol. The van der Waals surface area contributed by atoms with Crippen molar-refractivity contribution >= 4 is 17.4 Å². The quantitative estimate of drug-likeness (QED) is 0.759. The minimum atomic E-state index is 0.197. The lowest BCUT2D eigenvalue weighted by Crippen LogP contribution is -2.14. The van der Waals surface area contributed by atoms with E-state index in [1.54, 1.807) is 0 Å². The molecule has 0 aliphatic carbocycles. The van der Waals surface area contributed by atoms with Gasteiger partial charge in [-0.1, -0.05) is 19.4 Å². The highest BCUT2D eigenvalue weighted by molar-refractivity contribution is 6.20. The molecule has 1 rings (SSSR count). The van der Waals surface area contributed by atoms with Gasteiger partial charge in [-0.05, 0) is 25.5 Å². The zero-order chi connectivity index (χ0) is 10.4. The van der Waals surface area contributed by atoms with Crippen LogP contribution in [0.1, 0.15) is 25.5 Å². The summed E-state index contributed by atoms with van der Waals surface area (Å²) in [5.41, 5.74) is 1.02. The Kier molecular flexibility index (Phi) is 4.74. The molecule has 1 atom stereocenters. The van der Waals surface area contributed by atoms with Crippen molar-refractivity contribution < 1.29 is 0 Å². The minimum Gasteiger partial charge on any atom is -0.369 e. The third-order valence-corrected chi connectivity index (χ3v) is 2.37. The first-order valence-corrected chi connectivity index (χ1v) is 5.47. The summed E-state index contributed by atoms with van der Waals surface area (Å²) in [6, 6.07) is 5.94. The number of aryl methyl sites for hydroxylation is 1. The van der Waals surface area contributed by atoms with Crippen LogP contribution >= 0.6 is 11.6 Å². The van der Waals surface area contributed by atoms with E-state index in [2.05, 4.69) is 17.2 Å². The summed E-state index contributed by atoms with van der Waals surface area (Å²) < 4.78 is 0. The number of rotatable bonds is 5. The maximum Gasteiger partial charge on any atom is 0.126 e. The van der Waals surface area contributed by atoms with Gasteiger partial charge in [0.1, 0.15) is 5.82 Å². The Morgan fingerprint density at radius 2 is 2.29 bits per heavy atom. The summed E-state index contributed by atoms with van der Waals surface area (Å²) >= 11 is 6.08. The van der Waals surface area contributed by atoms with E-state index in [1.807, 2.05) is 25.1 Å². The number of hydrogen-bond acceptors (Lipinski definition) is 2. The van der Waals surface area contributed by atoms with Crippen LogP contribution in [0.5, 0.6) is 0 Å². The van der Waals surface area contributed by atoms with E-state index < -0.39 is 0 Å². The summed E-state index contributed by atoms with van der Waals surface area (Å²) in [4.78, 5) is 4.34. The number of aromatic nitrogens is 1. The van der Waals surface area contributed by atoms with Gasteiger partial charge in [-0.15, -0.1) is 11.6 Å². The first kappa shape index (κ1) is 11.3. The fourth-order valence-corrected chi connectivity index (χ4v) is 1.57. The smallest absolute Gasteiger partial charge is 0.126 e. The van der Waals surface area contributed by atoms with Crippen LogP contribution in [-0.2, 0) is 0 Å². The van der Waals surface area contributed by atoms with Gasteiger partial charge in [0.15, 0.2) is 0 Å². The van der Waals surface area contributed by atoms with Gasteiger partial charge in [-0.25, -0.2) is 4.98 Å². The molecule has 0 bridgehead atoms. The summed E-state index contributed by atoms with van der Waals surface area (Å²) in [5, 5.41) is 3.42. The van der Waals surface area contributed by atoms with Crippen LogP contribution in [0.3, 0.4) is 0 Å². The summed E-state index contributed by atoms with van der Waals surface area (Å²) in [6.07, 6.45) is 2.16. The number of alkyl halides is 1. The average Bonchev–Trinajstić information content (AvgIpc) is 2.15. The molecule has 1 N–H and O–H groups in total. The number of nitrogens with one attached hydrogen (secondary N) is 1. The molecule has 2 nitrogen and oxygen atoms in total. The maximum atomic E-state index is 6.08. The molecule has 0 fully saturated rings. The molecule has 0 aliphatic heterocycles. The molecular formula is C11H17ClN2. The van der Waals surface area contributed by atoms with Crippen LogP contribution < -0.4 is 5.32 Å². The number of anilines is 1. The molecule has 1 aromatic heterocycles. The molecule has 1 aromatic rings. The average molecular weight is 213 g/mol. The molecule has 1 unspecified atom stereocenters. The van der Waals surface area contributed by atoms with E-state index in [1.165, 1.54) is 0 Å². The van der Waals surface area contributed by atoms with Crippen molar-refractivity contribution in [2.45, 2.75) is 32.1 Å². The molecule has 1 heterocycles. The minimum absolute atomic E-state index is 0.197. The van der Waals surface area contributed by atoms with Crippen LogP contribution in [-0.4, -0.2) is 16.9 Å². The number of hydrogen-bond donors (Lipinski definition) is 1. The second-order valence-electron chi connectivity index (χ2n) is 3.43. The molecule has 0 amide bonds. The van der Waals surface area contributed by atoms with Gasteiger partial charge in [-0.2, -0.15) is 0 Å². The fraction of sp³-hybridized carbons (Fsp3) is 0.545. The Morgan fingerprint density at radius 1 is 1.50 bits per heavy atom. The van der Waals surface area contributed by atoms with Crippen molar-refractivity contribution in [1.29, 1.82) is 0 Å². The standard InChI is InChI=1S/C11H17ClN2/c1-3-5-10(12)8-13-11-7-4-6-9(2)14-11/h4,6-7,10H,3,5,8H2,1-2H3,(H,13,14). The van der Waals surface area contributed by atoms with Crippen LogP contribution in [0.15, 0.2) is 18.2 Å². The number of nitrogens with zero attached hydrogens (tertiary/aromatic N) is 1. The molecule has 14 heavy (non-hydrogen) atoms. The molecule has 0 aromatic carbocycles. The fourth-order valence-electron chi connectivity index (χ4n) is 1.27. The van der Waals surface area contributed by atoms with E-state index in [0.717, 1.165) is 30.9 Å². The van der Waals surface area contributed by atoms with Crippen molar-refractivity contribution in [2.75, 3.05) is 11.9 Å². The SMILES string of the molecule is CCCC(Cl)CNc1cccc(C)n1. The zero-order valence-corrected chi connectivity index (χ0v) is 9.51. The maximum absolute atomic E-state index is 6.08. The number of halogens is 1. The van der Waals surface area contributed by atoms with Gasteiger partial charge < -0.3 is 5.32 Å². The molecular weight excluding hydrogens is 196 g/mol. The molecule has 0 aliphatic rings. The lowest BCUT2D eigenvalue weighted by molar-refractivity contribution is 0.750. The largest absolute Gasteiger partial charge is 0.369 e. The summed E-state index contributed by atoms with van der Waals surface area (Å²) in [5.74, 6) is 0.909. The lowest BCUT2D eigenvalue weighted by Gasteiger charge is -2.10. The highest BCUT2D eigenvalue weighted by atomic mass is 35.5. The van der Waals surface area contributed by atoms with Crippen molar-refractivity contribution in [3.63, 3.8) is 0 Å².